The lowest BCUT2D eigenvalue weighted by molar-refractivity contribution is -0.120. The van der Waals surface area contributed by atoms with Gasteiger partial charge in [0.05, 0.1) is 5.52 Å². The van der Waals surface area contributed by atoms with Crippen LogP contribution in [0.3, 0.4) is 0 Å². The second kappa shape index (κ2) is 7.12. The van der Waals surface area contributed by atoms with Gasteiger partial charge in [-0.05, 0) is 47.7 Å². The minimum Gasteiger partial charge on any atom is -0.367 e. The summed E-state index contributed by atoms with van der Waals surface area (Å²) in [7, 11) is 0. The average molecular weight is 346 g/mol. The third-order valence-corrected chi connectivity index (χ3v) is 4.62. The molecule has 4 rings (SSSR count). The first-order valence-corrected chi connectivity index (χ1v) is 9.10. The van der Waals surface area contributed by atoms with Gasteiger partial charge in [0.1, 0.15) is 12.1 Å². The molecule has 1 aliphatic carbocycles. The lowest BCUT2D eigenvalue weighted by Crippen LogP contribution is -2.21. The molecule has 2 N–H and O–H groups in total. The number of nitrogens with one attached hydrogen (secondary N) is 2. The standard InChI is InChI=1S/C21H22N4O/c1-2-20(26)22-12-14-4-3-5-15(10-14)16-6-9-19-18(11-16)21(24-13-23-19)25-17-7-8-17/h3-6,9-11,13,17H,2,7-8,12H2,1H3,(H,22,26)(H,23,24,25). The molecule has 3 aromatic rings. The summed E-state index contributed by atoms with van der Waals surface area (Å²) in [6.45, 7) is 2.40. The number of aromatic nitrogens is 2. The molecule has 1 aliphatic rings. The van der Waals surface area contributed by atoms with E-state index in [4.69, 9.17) is 0 Å². The van der Waals surface area contributed by atoms with Crippen molar-refractivity contribution in [1.82, 2.24) is 15.3 Å². The molecule has 0 radical (unpaired) electrons. The summed E-state index contributed by atoms with van der Waals surface area (Å²) in [6.07, 6.45) is 4.53. The highest BCUT2D eigenvalue weighted by molar-refractivity contribution is 5.92. The van der Waals surface area contributed by atoms with E-state index in [1.54, 1.807) is 6.33 Å². The molecule has 1 fully saturated rings. The summed E-state index contributed by atoms with van der Waals surface area (Å²) in [6, 6.07) is 15.1. The number of rotatable bonds is 6. The molecule has 1 amide bonds. The van der Waals surface area contributed by atoms with Crippen LogP contribution in [0.1, 0.15) is 31.7 Å². The Morgan fingerprint density at radius 1 is 1.12 bits per heavy atom. The monoisotopic (exact) mass is 346 g/mol. The SMILES string of the molecule is CCC(=O)NCc1cccc(-c2ccc3ncnc(NC4CC4)c3c2)c1. The lowest BCUT2D eigenvalue weighted by Gasteiger charge is -2.10. The molecule has 0 atom stereocenters. The van der Waals surface area contributed by atoms with Gasteiger partial charge in [-0.3, -0.25) is 4.79 Å². The van der Waals surface area contributed by atoms with Gasteiger partial charge in [0, 0.05) is 24.4 Å². The number of carbonyl (C=O) groups is 1. The smallest absolute Gasteiger partial charge is 0.219 e. The first-order chi connectivity index (χ1) is 12.7. The number of hydrogen-bond acceptors (Lipinski definition) is 4. The van der Waals surface area contributed by atoms with Crippen molar-refractivity contribution >= 4 is 22.6 Å². The largest absolute Gasteiger partial charge is 0.367 e. The fourth-order valence-corrected chi connectivity index (χ4v) is 2.96. The number of fused-ring (bicyclic) bond motifs is 1. The van der Waals surface area contributed by atoms with E-state index in [1.165, 1.54) is 12.8 Å². The molecule has 2 aromatic carbocycles. The van der Waals surface area contributed by atoms with E-state index >= 15 is 0 Å². The zero-order chi connectivity index (χ0) is 17.9. The zero-order valence-electron chi connectivity index (χ0n) is 14.8. The first kappa shape index (κ1) is 16.5. The fraction of sp³-hybridized carbons (Fsp3) is 0.286. The van der Waals surface area contributed by atoms with Crippen molar-refractivity contribution < 1.29 is 4.79 Å². The molecule has 0 saturated heterocycles. The molecule has 1 aromatic heterocycles. The molecule has 1 heterocycles. The summed E-state index contributed by atoms with van der Waals surface area (Å²) < 4.78 is 0. The fourth-order valence-electron chi connectivity index (χ4n) is 2.96. The van der Waals surface area contributed by atoms with Gasteiger partial charge >= 0.3 is 0 Å². The van der Waals surface area contributed by atoms with Gasteiger partial charge in [0.25, 0.3) is 0 Å². The Kier molecular flexibility index (Phi) is 4.52. The van der Waals surface area contributed by atoms with Crippen LogP contribution < -0.4 is 10.6 Å². The Morgan fingerprint density at radius 3 is 2.77 bits per heavy atom. The molecular formula is C21H22N4O. The minimum absolute atomic E-state index is 0.0639. The second-order valence-corrected chi connectivity index (χ2v) is 6.70. The predicted octanol–water partition coefficient (Wildman–Crippen LogP) is 3.90. The summed E-state index contributed by atoms with van der Waals surface area (Å²) in [5, 5.41) is 7.46. The molecule has 0 unspecified atom stereocenters. The van der Waals surface area contributed by atoms with Crippen LogP contribution in [-0.4, -0.2) is 21.9 Å². The average Bonchev–Trinajstić information content (AvgIpc) is 3.50. The van der Waals surface area contributed by atoms with Crippen LogP contribution in [0, 0.1) is 0 Å². The highest BCUT2D eigenvalue weighted by atomic mass is 16.1. The van der Waals surface area contributed by atoms with Crippen LogP contribution in [-0.2, 0) is 11.3 Å². The number of anilines is 1. The Bertz CT molecular complexity index is 950. The third-order valence-electron chi connectivity index (χ3n) is 4.62. The highest BCUT2D eigenvalue weighted by Crippen LogP contribution is 2.30. The molecular weight excluding hydrogens is 324 g/mol. The first-order valence-electron chi connectivity index (χ1n) is 9.10. The maximum Gasteiger partial charge on any atom is 0.219 e. The van der Waals surface area contributed by atoms with E-state index in [1.807, 2.05) is 25.1 Å². The third kappa shape index (κ3) is 3.67. The van der Waals surface area contributed by atoms with Gasteiger partial charge in [-0.25, -0.2) is 9.97 Å². The molecule has 1 saturated carbocycles. The van der Waals surface area contributed by atoms with Gasteiger partial charge in [0.15, 0.2) is 0 Å². The van der Waals surface area contributed by atoms with Gasteiger partial charge in [-0.1, -0.05) is 31.2 Å². The number of hydrogen-bond donors (Lipinski definition) is 2. The molecule has 0 bridgehead atoms. The van der Waals surface area contributed by atoms with Crippen molar-refractivity contribution in [3.63, 3.8) is 0 Å². The normalized spacial score (nSPS) is 13.6. The Balaban J connectivity index is 1.64. The molecule has 26 heavy (non-hydrogen) atoms. The van der Waals surface area contributed by atoms with Crippen molar-refractivity contribution in [3.8, 4) is 11.1 Å². The molecule has 5 nitrogen and oxygen atoms in total. The summed E-state index contributed by atoms with van der Waals surface area (Å²) in [4.78, 5) is 20.3. The van der Waals surface area contributed by atoms with E-state index in [0.717, 1.165) is 33.4 Å². The van der Waals surface area contributed by atoms with Gasteiger partial charge < -0.3 is 10.6 Å². The summed E-state index contributed by atoms with van der Waals surface area (Å²) >= 11 is 0. The highest BCUT2D eigenvalue weighted by Gasteiger charge is 2.22. The maximum absolute atomic E-state index is 11.5. The number of benzene rings is 2. The van der Waals surface area contributed by atoms with Crippen LogP contribution >= 0.6 is 0 Å². The Labute approximate surface area is 152 Å². The van der Waals surface area contributed by atoms with Crippen molar-refractivity contribution in [1.29, 1.82) is 0 Å². The second-order valence-electron chi connectivity index (χ2n) is 6.70. The Morgan fingerprint density at radius 2 is 1.96 bits per heavy atom. The van der Waals surface area contributed by atoms with E-state index in [2.05, 4.69) is 44.9 Å². The lowest BCUT2D eigenvalue weighted by atomic mass is 10.0. The topological polar surface area (TPSA) is 66.9 Å². The molecule has 5 heteroatoms. The van der Waals surface area contributed by atoms with Crippen LogP contribution in [0.5, 0.6) is 0 Å². The van der Waals surface area contributed by atoms with Gasteiger partial charge in [-0.2, -0.15) is 0 Å². The van der Waals surface area contributed by atoms with Crippen LogP contribution in [0.15, 0.2) is 48.8 Å². The molecule has 0 spiro atoms. The number of carbonyl (C=O) groups excluding carboxylic acids is 1. The summed E-state index contributed by atoms with van der Waals surface area (Å²) in [5.41, 5.74) is 4.27. The van der Waals surface area contributed by atoms with Crippen molar-refractivity contribution in [3.05, 3.63) is 54.4 Å². The van der Waals surface area contributed by atoms with Crippen molar-refractivity contribution in [2.75, 3.05) is 5.32 Å². The zero-order valence-corrected chi connectivity index (χ0v) is 14.8. The maximum atomic E-state index is 11.5. The molecule has 0 aliphatic heterocycles. The number of amides is 1. The van der Waals surface area contributed by atoms with Crippen LogP contribution in [0.25, 0.3) is 22.0 Å². The Hall–Kier alpha value is -2.95. The van der Waals surface area contributed by atoms with Crippen molar-refractivity contribution in [2.45, 2.75) is 38.8 Å². The molecule has 132 valence electrons. The van der Waals surface area contributed by atoms with Crippen molar-refractivity contribution in [2.24, 2.45) is 0 Å². The van der Waals surface area contributed by atoms with Crippen LogP contribution in [0.2, 0.25) is 0 Å². The quantitative estimate of drug-likeness (QED) is 0.710. The minimum atomic E-state index is 0.0639. The predicted molar refractivity (Wildman–Crippen MR) is 104 cm³/mol. The van der Waals surface area contributed by atoms with E-state index in [-0.39, 0.29) is 5.91 Å². The van der Waals surface area contributed by atoms with Crippen LogP contribution in [0.4, 0.5) is 5.82 Å². The van der Waals surface area contributed by atoms with E-state index in [0.29, 0.717) is 19.0 Å². The van der Waals surface area contributed by atoms with E-state index in [9.17, 15) is 4.79 Å². The number of nitrogens with zero attached hydrogens (tertiary/aromatic N) is 2. The summed E-state index contributed by atoms with van der Waals surface area (Å²) in [5.74, 6) is 0.972. The van der Waals surface area contributed by atoms with Gasteiger partial charge in [-0.15, -0.1) is 0 Å². The van der Waals surface area contributed by atoms with Gasteiger partial charge in [0.2, 0.25) is 5.91 Å². The van der Waals surface area contributed by atoms with E-state index < -0.39 is 0 Å².